The number of nitrogens with zero attached hydrogens (tertiary/aromatic N) is 4. The molecular weight excluding hydrogens is 390 g/mol. The first-order chi connectivity index (χ1) is 13.5. The Balaban J connectivity index is 1.39. The van der Waals surface area contributed by atoms with Crippen molar-refractivity contribution >= 4 is 22.9 Å². The molecule has 1 N–H and O–H groups in total. The normalized spacial score (nSPS) is 24.5. The zero-order valence-corrected chi connectivity index (χ0v) is 17.8. The minimum Gasteiger partial charge on any atom is -0.306 e. The number of nitrogens with one attached hydrogen (secondary N) is 1. The van der Waals surface area contributed by atoms with Crippen LogP contribution in [-0.4, -0.2) is 19.7 Å². The lowest BCUT2D eigenvalue weighted by Gasteiger charge is -2.35. The summed E-state index contributed by atoms with van der Waals surface area (Å²) >= 11 is 9.04. The second kappa shape index (κ2) is 6.94. The van der Waals surface area contributed by atoms with Crippen molar-refractivity contribution in [2.45, 2.75) is 63.4 Å². The largest absolute Gasteiger partial charge is 0.306 e. The molecule has 2 aromatic heterocycles. The predicted octanol–water partition coefficient (Wildman–Crippen LogP) is 4.74. The van der Waals surface area contributed by atoms with Gasteiger partial charge >= 0.3 is 0 Å². The molecule has 146 valence electrons. The summed E-state index contributed by atoms with van der Waals surface area (Å²) < 4.78 is 2.07. The first-order valence-electron chi connectivity index (χ1n) is 9.90. The van der Waals surface area contributed by atoms with Crippen molar-refractivity contribution in [2.24, 2.45) is 0 Å². The summed E-state index contributed by atoms with van der Waals surface area (Å²) in [6, 6.07) is 6.65. The van der Waals surface area contributed by atoms with Crippen LogP contribution >= 0.6 is 22.9 Å². The van der Waals surface area contributed by atoms with Crippen molar-refractivity contribution in [1.82, 2.24) is 25.1 Å². The number of alkyl halides is 1. The fourth-order valence-corrected chi connectivity index (χ4v) is 5.84. The van der Waals surface area contributed by atoms with E-state index in [4.69, 9.17) is 16.6 Å². The molecule has 7 heteroatoms. The number of fused-ring (bicyclic) bond motifs is 3. The van der Waals surface area contributed by atoms with Gasteiger partial charge in [-0.3, -0.25) is 4.57 Å². The highest BCUT2D eigenvalue weighted by Gasteiger charge is 2.37. The molecule has 0 saturated heterocycles. The Hall–Kier alpha value is -1.76. The Labute approximate surface area is 174 Å². The van der Waals surface area contributed by atoms with Crippen LogP contribution in [0.3, 0.4) is 0 Å². The van der Waals surface area contributed by atoms with Gasteiger partial charge in [0.05, 0.1) is 27.8 Å². The van der Waals surface area contributed by atoms with Crippen LogP contribution in [0.4, 0.5) is 0 Å². The molecule has 1 aliphatic carbocycles. The lowest BCUT2D eigenvalue weighted by molar-refractivity contribution is 0.358. The van der Waals surface area contributed by atoms with E-state index in [1.165, 1.54) is 26.7 Å². The minimum atomic E-state index is -0.283. The Morgan fingerprint density at radius 3 is 2.79 bits per heavy atom. The van der Waals surface area contributed by atoms with Crippen LogP contribution in [0.15, 0.2) is 24.5 Å². The fraction of sp³-hybridized carbons (Fsp3) is 0.476. The molecule has 0 spiro atoms. The number of rotatable bonds is 2. The zero-order valence-electron chi connectivity index (χ0n) is 16.2. The van der Waals surface area contributed by atoms with E-state index in [2.05, 4.69) is 52.1 Å². The van der Waals surface area contributed by atoms with Gasteiger partial charge in [0.25, 0.3) is 0 Å². The van der Waals surface area contributed by atoms with Gasteiger partial charge in [0, 0.05) is 17.3 Å². The van der Waals surface area contributed by atoms with Gasteiger partial charge in [-0.2, -0.15) is 0 Å². The van der Waals surface area contributed by atoms with E-state index in [9.17, 15) is 0 Å². The molecule has 1 saturated carbocycles. The van der Waals surface area contributed by atoms with Gasteiger partial charge in [-0.05, 0) is 56.7 Å². The molecule has 3 aromatic rings. The molecule has 1 fully saturated rings. The first kappa shape index (κ1) is 18.3. The van der Waals surface area contributed by atoms with Crippen molar-refractivity contribution < 1.29 is 0 Å². The van der Waals surface area contributed by atoms with E-state index in [0.29, 0.717) is 5.92 Å². The summed E-state index contributed by atoms with van der Waals surface area (Å²) in [5.41, 5.74) is 4.81. The third-order valence-electron chi connectivity index (χ3n) is 6.25. The quantitative estimate of drug-likeness (QED) is 0.616. The molecule has 0 radical (unpaired) electrons. The Kier molecular flexibility index (Phi) is 4.53. The van der Waals surface area contributed by atoms with Gasteiger partial charge in [-0.15, -0.1) is 33.1 Å². The SMILES string of the molecule is Cc1nc(C2CCC(Cl)(c3ccc4c(c3)CNCc3nncn3-4)CC2)sc1C. The number of aryl methyl sites for hydroxylation is 2. The van der Waals surface area contributed by atoms with Crippen LogP contribution in [0.1, 0.15) is 64.1 Å². The molecule has 1 aliphatic heterocycles. The smallest absolute Gasteiger partial charge is 0.151 e. The highest BCUT2D eigenvalue weighted by molar-refractivity contribution is 7.11. The second-order valence-corrected chi connectivity index (χ2v) is 9.96. The number of hydrogen-bond donors (Lipinski definition) is 1. The zero-order chi connectivity index (χ0) is 19.3. The van der Waals surface area contributed by atoms with Crippen LogP contribution in [0.2, 0.25) is 0 Å². The van der Waals surface area contributed by atoms with Crippen molar-refractivity contribution in [3.63, 3.8) is 0 Å². The monoisotopic (exact) mass is 413 g/mol. The van der Waals surface area contributed by atoms with Crippen LogP contribution in [0.5, 0.6) is 0 Å². The number of halogens is 1. The molecule has 0 atom stereocenters. The summed E-state index contributed by atoms with van der Waals surface area (Å²) in [5.74, 6) is 1.49. The maximum Gasteiger partial charge on any atom is 0.151 e. The third kappa shape index (κ3) is 3.08. The van der Waals surface area contributed by atoms with Crippen molar-refractivity contribution in [1.29, 1.82) is 0 Å². The third-order valence-corrected chi connectivity index (χ3v) is 8.08. The first-order valence-corrected chi connectivity index (χ1v) is 11.1. The summed E-state index contributed by atoms with van der Waals surface area (Å²) in [5, 5.41) is 13.0. The highest BCUT2D eigenvalue weighted by Crippen LogP contribution is 2.48. The lowest BCUT2D eigenvalue weighted by Crippen LogP contribution is -2.26. The van der Waals surface area contributed by atoms with Crippen LogP contribution in [0.25, 0.3) is 5.69 Å². The summed E-state index contributed by atoms with van der Waals surface area (Å²) in [6.45, 7) is 5.81. The van der Waals surface area contributed by atoms with Gasteiger partial charge < -0.3 is 5.32 Å². The number of benzene rings is 1. The molecule has 5 nitrogen and oxygen atoms in total. The standard InChI is InChI=1S/C21H24ClN5S/c1-13-14(2)28-20(25-13)15-5-7-21(22,8-6-15)17-3-4-18-16(9-17)10-23-11-19-26-24-12-27(18)19/h3-4,9,12,15,23H,5-8,10-11H2,1-2H3. The van der Waals surface area contributed by atoms with Crippen LogP contribution in [0, 0.1) is 13.8 Å². The average molecular weight is 414 g/mol. The van der Waals surface area contributed by atoms with E-state index >= 15 is 0 Å². The lowest BCUT2D eigenvalue weighted by atomic mass is 9.77. The molecule has 2 aliphatic rings. The van der Waals surface area contributed by atoms with Gasteiger partial charge in [0.2, 0.25) is 0 Å². The van der Waals surface area contributed by atoms with Gasteiger partial charge in [0.15, 0.2) is 5.82 Å². The molecule has 0 unspecified atom stereocenters. The average Bonchev–Trinajstić information content (AvgIpc) is 3.24. The van der Waals surface area contributed by atoms with Crippen molar-refractivity contribution in [2.75, 3.05) is 0 Å². The van der Waals surface area contributed by atoms with E-state index < -0.39 is 0 Å². The number of aromatic nitrogens is 4. The molecule has 28 heavy (non-hydrogen) atoms. The van der Waals surface area contributed by atoms with Gasteiger partial charge in [0.1, 0.15) is 6.33 Å². The van der Waals surface area contributed by atoms with Gasteiger partial charge in [-0.25, -0.2) is 4.98 Å². The fourth-order valence-electron chi connectivity index (χ4n) is 4.41. The molecule has 3 heterocycles. The number of thiazole rings is 1. The molecular formula is C21H24ClN5S. The van der Waals surface area contributed by atoms with Gasteiger partial charge in [-0.1, -0.05) is 12.1 Å². The van der Waals surface area contributed by atoms with Crippen molar-refractivity contribution in [3.05, 3.63) is 57.1 Å². The maximum absolute atomic E-state index is 7.18. The number of hydrogen-bond acceptors (Lipinski definition) is 5. The summed E-state index contributed by atoms with van der Waals surface area (Å²) in [4.78, 5) is 5.85. The Morgan fingerprint density at radius 1 is 1.21 bits per heavy atom. The minimum absolute atomic E-state index is 0.283. The van der Waals surface area contributed by atoms with Crippen LogP contribution in [-0.2, 0) is 18.0 Å². The van der Waals surface area contributed by atoms with Crippen LogP contribution < -0.4 is 5.32 Å². The molecule has 5 rings (SSSR count). The summed E-state index contributed by atoms with van der Waals surface area (Å²) in [6.07, 6.45) is 5.96. The molecule has 1 aromatic carbocycles. The molecule has 0 bridgehead atoms. The topological polar surface area (TPSA) is 55.6 Å². The second-order valence-electron chi connectivity index (χ2n) is 8.00. The summed E-state index contributed by atoms with van der Waals surface area (Å²) in [7, 11) is 0. The maximum atomic E-state index is 7.18. The Morgan fingerprint density at radius 2 is 2.04 bits per heavy atom. The highest BCUT2D eigenvalue weighted by atomic mass is 35.5. The van der Waals surface area contributed by atoms with E-state index in [-0.39, 0.29) is 4.87 Å². The predicted molar refractivity (Wildman–Crippen MR) is 112 cm³/mol. The van der Waals surface area contributed by atoms with Crippen molar-refractivity contribution in [3.8, 4) is 5.69 Å². The van der Waals surface area contributed by atoms with E-state index in [0.717, 1.165) is 50.3 Å². The van der Waals surface area contributed by atoms with E-state index in [1.807, 2.05) is 11.3 Å². The Bertz CT molecular complexity index is 996. The van der Waals surface area contributed by atoms with E-state index in [1.54, 1.807) is 6.33 Å². The molecule has 0 amide bonds.